The first-order valence-corrected chi connectivity index (χ1v) is 8.00. The Balaban J connectivity index is 2.55. The van der Waals surface area contributed by atoms with Crippen molar-refractivity contribution in [3.05, 3.63) is 0 Å². The van der Waals surface area contributed by atoms with Gasteiger partial charge in [0.2, 0.25) is 10.0 Å². The minimum absolute atomic E-state index is 0.108. The van der Waals surface area contributed by atoms with Crippen molar-refractivity contribution in [2.45, 2.75) is 38.7 Å². The van der Waals surface area contributed by atoms with Gasteiger partial charge in [0.05, 0.1) is 11.9 Å². The van der Waals surface area contributed by atoms with E-state index in [4.69, 9.17) is 10.5 Å². The highest BCUT2D eigenvalue weighted by Gasteiger charge is 2.27. The summed E-state index contributed by atoms with van der Waals surface area (Å²) in [5, 5.41) is 0. The maximum Gasteiger partial charge on any atom is 0.216 e. The molecular weight excluding hydrogens is 240 g/mol. The van der Waals surface area contributed by atoms with Gasteiger partial charge < -0.3 is 10.5 Å². The van der Waals surface area contributed by atoms with Gasteiger partial charge in [-0.15, -0.1) is 0 Å². The second kappa shape index (κ2) is 7.31. The maximum absolute atomic E-state index is 12.2. The van der Waals surface area contributed by atoms with Crippen LogP contribution in [0.1, 0.15) is 32.6 Å². The number of hydrogen-bond acceptors (Lipinski definition) is 4. The third kappa shape index (κ3) is 4.91. The van der Waals surface area contributed by atoms with Crippen LogP contribution in [0.2, 0.25) is 0 Å². The van der Waals surface area contributed by atoms with Crippen LogP contribution in [0.25, 0.3) is 0 Å². The monoisotopic (exact) mass is 264 g/mol. The summed E-state index contributed by atoms with van der Waals surface area (Å²) in [6.07, 6.45) is 3.55. The van der Waals surface area contributed by atoms with Crippen LogP contribution in [0.3, 0.4) is 0 Å². The van der Waals surface area contributed by atoms with Gasteiger partial charge in [-0.3, -0.25) is 0 Å². The molecular formula is C11H24N2O3S. The fourth-order valence-electron chi connectivity index (χ4n) is 1.98. The number of ether oxygens (including phenoxy) is 1. The molecule has 0 amide bonds. The highest BCUT2D eigenvalue weighted by molar-refractivity contribution is 7.89. The summed E-state index contributed by atoms with van der Waals surface area (Å²) in [6, 6.07) is 0. The summed E-state index contributed by atoms with van der Waals surface area (Å²) in [7, 11) is -3.21. The Labute approximate surface area is 104 Å². The molecule has 1 heterocycles. The molecule has 17 heavy (non-hydrogen) atoms. The lowest BCUT2D eigenvalue weighted by molar-refractivity contribution is 0.126. The van der Waals surface area contributed by atoms with E-state index in [0.717, 1.165) is 25.7 Å². The molecule has 102 valence electrons. The fourth-order valence-corrected chi connectivity index (χ4v) is 3.72. The molecule has 0 spiro atoms. The molecule has 0 aliphatic carbocycles. The first-order chi connectivity index (χ1) is 8.10. The van der Waals surface area contributed by atoms with Gasteiger partial charge >= 0.3 is 0 Å². The molecule has 1 atom stereocenters. The van der Waals surface area contributed by atoms with Crippen molar-refractivity contribution >= 4 is 10.0 Å². The molecule has 0 radical (unpaired) electrons. The number of nitrogens with two attached hydrogens (primary N) is 1. The predicted molar refractivity (Wildman–Crippen MR) is 68.3 cm³/mol. The van der Waals surface area contributed by atoms with E-state index in [-0.39, 0.29) is 11.9 Å². The zero-order valence-electron chi connectivity index (χ0n) is 10.6. The van der Waals surface area contributed by atoms with Crippen molar-refractivity contribution in [1.82, 2.24) is 4.31 Å². The molecule has 1 saturated heterocycles. The topological polar surface area (TPSA) is 72.6 Å². The van der Waals surface area contributed by atoms with E-state index in [1.54, 1.807) is 0 Å². The Morgan fingerprint density at radius 1 is 1.41 bits per heavy atom. The predicted octanol–water partition coefficient (Wildman–Crippen LogP) is 0.556. The molecule has 0 aromatic heterocycles. The van der Waals surface area contributed by atoms with E-state index in [9.17, 15) is 8.42 Å². The normalized spacial score (nSPS) is 21.2. The second-order valence-electron chi connectivity index (χ2n) is 4.45. The van der Waals surface area contributed by atoms with Crippen LogP contribution < -0.4 is 5.73 Å². The average Bonchev–Trinajstić information content (AvgIpc) is 2.75. The summed E-state index contributed by atoms with van der Waals surface area (Å²) in [4.78, 5) is 0. The van der Waals surface area contributed by atoms with Crippen molar-refractivity contribution in [3.8, 4) is 0 Å². The molecule has 2 N–H and O–H groups in total. The van der Waals surface area contributed by atoms with Crippen LogP contribution in [0.5, 0.6) is 0 Å². The van der Waals surface area contributed by atoms with E-state index in [0.29, 0.717) is 26.2 Å². The number of hydrogen-bond donors (Lipinski definition) is 1. The number of nitrogens with zero attached hydrogens (tertiary/aromatic N) is 1. The lowest BCUT2D eigenvalue weighted by Gasteiger charge is -2.22. The van der Waals surface area contributed by atoms with Crippen molar-refractivity contribution in [1.29, 1.82) is 0 Å². The van der Waals surface area contributed by atoms with Crippen molar-refractivity contribution in [2.75, 3.05) is 32.0 Å². The van der Waals surface area contributed by atoms with Gasteiger partial charge in [0.25, 0.3) is 0 Å². The number of unbranched alkanes of at least 4 members (excludes halogenated alkanes) is 1. The second-order valence-corrected chi connectivity index (χ2v) is 6.47. The molecule has 6 heteroatoms. The Morgan fingerprint density at radius 3 is 2.71 bits per heavy atom. The zero-order chi connectivity index (χ0) is 12.7. The quantitative estimate of drug-likeness (QED) is 0.695. The minimum atomic E-state index is -3.21. The molecule has 1 aliphatic heterocycles. The molecule has 1 unspecified atom stereocenters. The van der Waals surface area contributed by atoms with Gasteiger partial charge in [0, 0.05) is 26.2 Å². The Bertz CT molecular complexity index is 300. The van der Waals surface area contributed by atoms with Crippen molar-refractivity contribution in [3.63, 3.8) is 0 Å². The van der Waals surface area contributed by atoms with Gasteiger partial charge in [0.1, 0.15) is 0 Å². The minimum Gasteiger partial charge on any atom is -0.377 e. The Hall–Kier alpha value is -0.170. The molecule has 0 saturated carbocycles. The van der Waals surface area contributed by atoms with Crippen LogP contribution in [0.15, 0.2) is 0 Å². The number of rotatable bonds is 8. The highest BCUT2D eigenvalue weighted by atomic mass is 32.2. The Kier molecular flexibility index (Phi) is 6.40. The van der Waals surface area contributed by atoms with Crippen LogP contribution in [0, 0.1) is 0 Å². The van der Waals surface area contributed by atoms with Gasteiger partial charge in [-0.2, -0.15) is 0 Å². The smallest absolute Gasteiger partial charge is 0.216 e. The van der Waals surface area contributed by atoms with Gasteiger partial charge in [0.15, 0.2) is 0 Å². The first kappa shape index (κ1) is 14.9. The van der Waals surface area contributed by atoms with E-state index in [1.165, 1.54) is 4.31 Å². The first-order valence-electron chi connectivity index (χ1n) is 6.39. The van der Waals surface area contributed by atoms with Crippen LogP contribution >= 0.6 is 0 Å². The lowest BCUT2D eigenvalue weighted by atomic mass is 10.3. The molecule has 0 aromatic carbocycles. The standard InChI is InChI=1S/C11H24N2O3S/c1-2-3-7-13(8-6-12)17(14,15)10-11-5-4-9-16-11/h11H,2-10,12H2,1H3. The van der Waals surface area contributed by atoms with Crippen LogP contribution in [-0.4, -0.2) is 50.8 Å². The molecule has 0 aromatic rings. The maximum atomic E-state index is 12.2. The summed E-state index contributed by atoms with van der Waals surface area (Å²) >= 11 is 0. The zero-order valence-corrected chi connectivity index (χ0v) is 11.4. The van der Waals surface area contributed by atoms with E-state index >= 15 is 0 Å². The van der Waals surface area contributed by atoms with Crippen LogP contribution in [0.4, 0.5) is 0 Å². The van der Waals surface area contributed by atoms with Gasteiger partial charge in [-0.1, -0.05) is 13.3 Å². The molecule has 1 fully saturated rings. The van der Waals surface area contributed by atoms with Gasteiger partial charge in [-0.05, 0) is 19.3 Å². The molecule has 0 bridgehead atoms. The summed E-state index contributed by atoms with van der Waals surface area (Å²) in [6.45, 7) is 4.09. The molecule has 5 nitrogen and oxygen atoms in total. The van der Waals surface area contributed by atoms with Crippen molar-refractivity contribution in [2.24, 2.45) is 5.73 Å². The largest absolute Gasteiger partial charge is 0.377 e. The molecule has 1 rings (SSSR count). The number of sulfonamides is 1. The Morgan fingerprint density at radius 2 is 2.18 bits per heavy atom. The van der Waals surface area contributed by atoms with E-state index in [2.05, 4.69) is 0 Å². The summed E-state index contributed by atoms with van der Waals surface area (Å²) < 4.78 is 31.2. The fraction of sp³-hybridized carbons (Fsp3) is 1.00. The molecule has 1 aliphatic rings. The lowest BCUT2D eigenvalue weighted by Crippen LogP contribution is -2.40. The van der Waals surface area contributed by atoms with E-state index < -0.39 is 10.0 Å². The summed E-state index contributed by atoms with van der Waals surface area (Å²) in [5.41, 5.74) is 5.47. The third-order valence-electron chi connectivity index (χ3n) is 2.95. The average molecular weight is 264 g/mol. The summed E-state index contributed by atoms with van der Waals surface area (Å²) in [5.74, 6) is 0.108. The van der Waals surface area contributed by atoms with Crippen LogP contribution in [-0.2, 0) is 14.8 Å². The SMILES string of the molecule is CCCCN(CCN)S(=O)(=O)CC1CCCO1. The van der Waals surface area contributed by atoms with Crippen molar-refractivity contribution < 1.29 is 13.2 Å². The van der Waals surface area contributed by atoms with E-state index in [1.807, 2.05) is 6.92 Å². The highest BCUT2D eigenvalue weighted by Crippen LogP contribution is 2.16. The third-order valence-corrected chi connectivity index (χ3v) is 4.90. The van der Waals surface area contributed by atoms with Gasteiger partial charge in [-0.25, -0.2) is 12.7 Å².